The largest absolute Gasteiger partial charge is 0.480 e. The van der Waals surface area contributed by atoms with Crippen molar-refractivity contribution in [1.82, 2.24) is 5.32 Å². The fraction of sp³-hybridized carbons (Fsp3) is 0.267. The summed E-state index contributed by atoms with van der Waals surface area (Å²) in [5.41, 5.74) is 1.95. The Morgan fingerprint density at radius 1 is 1.43 bits per heavy atom. The van der Waals surface area contributed by atoms with Crippen LogP contribution in [-0.2, 0) is 16.0 Å². The molecule has 6 heteroatoms. The van der Waals surface area contributed by atoms with Crippen LogP contribution in [0.15, 0.2) is 30.9 Å². The van der Waals surface area contributed by atoms with Gasteiger partial charge in [0.15, 0.2) is 0 Å². The van der Waals surface area contributed by atoms with Crippen molar-refractivity contribution in [1.29, 1.82) is 0 Å². The quantitative estimate of drug-likeness (QED) is 0.712. The molecule has 2 rings (SSSR count). The predicted octanol–water partition coefficient (Wildman–Crippen LogP) is 1.33. The molecule has 0 spiro atoms. The van der Waals surface area contributed by atoms with Crippen molar-refractivity contribution in [3.63, 3.8) is 0 Å². The number of amides is 2. The minimum atomic E-state index is -1.10. The van der Waals surface area contributed by atoms with E-state index in [0.29, 0.717) is 24.1 Å². The van der Waals surface area contributed by atoms with Gasteiger partial charge in [0.25, 0.3) is 5.91 Å². The maximum atomic E-state index is 12.1. The Morgan fingerprint density at radius 3 is 2.86 bits per heavy atom. The number of carboxylic acids is 1. The van der Waals surface area contributed by atoms with Gasteiger partial charge in [-0.1, -0.05) is 6.08 Å². The highest BCUT2D eigenvalue weighted by atomic mass is 16.4. The average molecular weight is 288 g/mol. The molecule has 0 aromatic heterocycles. The van der Waals surface area contributed by atoms with Crippen LogP contribution in [0.5, 0.6) is 0 Å². The number of hydrogen-bond acceptors (Lipinski definition) is 3. The van der Waals surface area contributed by atoms with Gasteiger partial charge in [-0.25, -0.2) is 4.79 Å². The lowest BCUT2D eigenvalue weighted by Crippen LogP contribution is -2.40. The van der Waals surface area contributed by atoms with E-state index in [9.17, 15) is 14.4 Å². The molecule has 0 radical (unpaired) electrons. The summed E-state index contributed by atoms with van der Waals surface area (Å²) in [5, 5.41) is 14.2. The van der Waals surface area contributed by atoms with Crippen LogP contribution in [0.25, 0.3) is 0 Å². The Labute approximate surface area is 121 Å². The van der Waals surface area contributed by atoms with Crippen LogP contribution in [0.4, 0.5) is 5.69 Å². The van der Waals surface area contributed by atoms with Crippen molar-refractivity contribution in [2.24, 2.45) is 0 Å². The van der Waals surface area contributed by atoms with Gasteiger partial charge in [0.1, 0.15) is 6.04 Å². The summed E-state index contributed by atoms with van der Waals surface area (Å²) >= 11 is 0. The van der Waals surface area contributed by atoms with Gasteiger partial charge < -0.3 is 15.7 Å². The lowest BCUT2D eigenvalue weighted by atomic mass is 10.00. The number of fused-ring (bicyclic) bond motifs is 1. The Morgan fingerprint density at radius 2 is 2.19 bits per heavy atom. The number of aliphatic carboxylic acids is 1. The van der Waals surface area contributed by atoms with E-state index < -0.39 is 17.9 Å². The number of hydrogen-bond donors (Lipinski definition) is 3. The summed E-state index contributed by atoms with van der Waals surface area (Å²) in [7, 11) is 0. The van der Waals surface area contributed by atoms with Gasteiger partial charge in [-0.2, -0.15) is 0 Å². The molecule has 1 aliphatic rings. The van der Waals surface area contributed by atoms with Crippen molar-refractivity contribution in [3.05, 3.63) is 42.0 Å². The van der Waals surface area contributed by atoms with Crippen LogP contribution in [-0.4, -0.2) is 28.9 Å². The van der Waals surface area contributed by atoms with Gasteiger partial charge in [-0.05, 0) is 36.6 Å². The number of carbonyl (C=O) groups is 3. The fourth-order valence-electron chi connectivity index (χ4n) is 2.15. The average Bonchev–Trinajstić information content (AvgIpc) is 2.45. The molecule has 0 bridgehead atoms. The van der Waals surface area contributed by atoms with Crippen molar-refractivity contribution >= 4 is 23.5 Å². The Hall–Kier alpha value is -2.63. The monoisotopic (exact) mass is 288 g/mol. The van der Waals surface area contributed by atoms with Crippen molar-refractivity contribution in [3.8, 4) is 0 Å². The van der Waals surface area contributed by atoms with Crippen LogP contribution >= 0.6 is 0 Å². The number of benzene rings is 1. The highest BCUT2D eigenvalue weighted by molar-refractivity contribution is 5.99. The molecule has 1 aromatic carbocycles. The van der Waals surface area contributed by atoms with Gasteiger partial charge in [0, 0.05) is 17.7 Å². The highest BCUT2D eigenvalue weighted by Gasteiger charge is 2.21. The van der Waals surface area contributed by atoms with Crippen molar-refractivity contribution < 1.29 is 19.5 Å². The Kier molecular flexibility index (Phi) is 4.37. The molecule has 3 N–H and O–H groups in total. The second-order valence-corrected chi connectivity index (χ2v) is 4.81. The van der Waals surface area contributed by atoms with Crippen molar-refractivity contribution in [2.75, 3.05) is 5.32 Å². The van der Waals surface area contributed by atoms with E-state index in [1.165, 1.54) is 6.08 Å². The van der Waals surface area contributed by atoms with Crippen LogP contribution in [0.2, 0.25) is 0 Å². The number of nitrogens with one attached hydrogen (secondary N) is 2. The van der Waals surface area contributed by atoms with Gasteiger partial charge >= 0.3 is 5.97 Å². The SMILES string of the molecule is C=CCC(NC(=O)c1ccc2c(c1)CCC(=O)N2)C(=O)O. The zero-order valence-electron chi connectivity index (χ0n) is 11.4. The normalized spacial score (nSPS) is 14.6. The number of aryl methyl sites for hydroxylation is 1. The zero-order valence-corrected chi connectivity index (χ0v) is 11.4. The van der Waals surface area contributed by atoms with Crippen molar-refractivity contribution in [2.45, 2.75) is 25.3 Å². The maximum absolute atomic E-state index is 12.1. The number of rotatable bonds is 5. The molecule has 0 aliphatic carbocycles. The molecule has 110 valence electrons. The van der Waals surface area contributed by atoms with Gasteiger partial charge in [0.2, 0.25) is 5.91 Å². The van der Waals surface area contributed by atoms with Crippen LogP contribution < -0.4 is 10.6 Å². The summed E-state index contributed by atoms with van der Waals surface area (Å²) in [4.78, 5) is 34.4. The fourth-order valence-corrected chi connectivity index (χ4v) is 2.15. The van der Waals surface area contributed by atoms with Crippen LogP contribution in [0.3, 0.4) is 0 Å². The van der Waals surface area contributed by atoms with E-state index in [-0.39, 0.29) is 12.3 Å². The molecule has 0 saturated carbocycles. The summed E-state index contributed by atoms with van der Waals surface area (Å²) in [6.07, 6.45) is 2.55. The molecular weight excluding hydrogens is 272 g/mol. The van der Waals surface area contributed by atoms with Crippen LogP contribution in [0.1, 0.15) is 28.8 Å². The minimum absolute atomic E-state index is 0.0448. The Balaban J connectivity index is 2.14. The number of anilines is 1. The van der Waals surface area contributed by atoms with E-state index in [4.69, 9.17) is 5.11 Å². The van der Waals surface area contributed by atoms with Crippen LogP contribution in [0, 0.1) is 0 Å². The molecule has 0 fully saturated rings. The lowest BCUT2D eigenvalue weighted by molar-refractivity contribution is -0.139. The number of carbonyl (C=O) groups excluding carboxylic acids is 2. The first kappa shape index (κ1) is 14.8. The first-order valence-electron chi connectivity index (χ1n) is 6.58. The summed E-state index contributed by atoms with van der Waals surface area (Å²) in [6.45, 7) is 3.47. The molecule has 1 unspecified atom stereocenters. The number of carboxylic acid groups (broad SMARTS) is 1. The molecule has 2 amide bonds. The van der Waals surface area contributed by atoms with E-state index in [0.717, 1.165) is 5.56 Å². The minimum Gasteiger partial charge on any atom is -0.480 e. The standard InChI is InChI=1S/C15H16N2O4/c1-2-3-12(15(20)21)17-14(19)10-4-6-11-9(8-10)5-7-13(18)16-11/h2,4,6,8,12H,1,3,5,7H2,(H,16,18)(H,17,19)(H,20,21). The molecule has 1 atom stereocenters. The lowest BCUT2D eigenvalue weighted by Gasteiger charge is -2.18. The molecule has 1 heterocycles. The van der Waals surface area contributed by atoms with E-state index in [2.05, 4.69) is 17.2 Å². The maximum Gasteiger partial charge on any atom is 0.326 e. The molecule has 21 heavy (non-hydrogen) atoms. The van der Waals surface area contributed by atoms with E-state index >= 15 is 0 Å². The molecule has 1 aliphatic heterocycles. The van der Waals surface area contributed by atoms with E-state index in [1.54, 1.807) is 18.2 Å². The Bertz CT molecular complexity index is 610. The second kappa shape index (κ2) is 6.21. The van der Waals surface area contributed by atoms with Gasteiger partial charge in [-0.15, -0.1) is 6.58 Å². The molecular formula is C15H16N2O4. The third-order valence-electron chi connectivity index (χ3n) is 3.27. The molecule has 0 saturated heterocycles. The topological polar surface area (TPSA) is 95.5 Å². The summed E-state index contributed by atoms with van der Waals surface area (Å²) in [5.74, 6) is -1.60. The first-order valence-corrected chi connectivity index (χ1v) is 6.58. The van der Waals surface area contributed by atoms with Gasteiger partial charge in [-0.3, -0.25) is 9.59 Å². The van der Waals surface area contributed by atoms with Gasteiger partial charge in [0.05, 0.1) is 0 Å². The predicted molar refractivity (Wildman–Crippen MR) is 77.1 cm³/mol. The summed E-state index contributed by atoms with van der Waals surface area (Å²) in [6, 6.07) is 3.90. The third kappa shape index (κ3) is 3.47. The highest BCUT2D eigenvalue weighted by Crippen LogP contribution is 2.23. The van der Waals surface area contributed by atoms with E-state index in [1.807, 2.05) is 0 Å². The molecule has 1 aromatic rings. The first-order chi connectivity index (χ1) is 10.0. The third-order valence-corrected chi connectivity index (χ3v) is 3.27. The second-order valence-electron chi connectivity index (χ2n) is 4.81. The smallest absolute Gasteiger partial charge is 0.326 e. The summed E-state index contributed by atoms with van der Waals surface area (Å²) < 4.78 is 0. The molecule has 6 nitrogen and oxygen atoms in total. The zero-order chi connectivity index (χ0) is 15.4.